The summed E-state index contributed by atoms with van der Waals surface area (Å²) in [4.78, 5) is 15.2. The Hall–Kier alpha value is -2.79. The van der Waals surface area contributed by atoms with Crippen LogP contribution in [-0.4, -0.2) is 44.7 Å². The molecule has 2 aromatic carbocycles. The maximum Gasteiger partial charge on any atom is 0.343 e. The highest BCUT2D eigenvalue weighted by molar-refractivity contribution is 5.92. The number of fused-ring (bicyclic) bond motifs is 1. The molecule has 0 saturated carbocycles. The molecule has 2 aliphatic rings. The molecule has 1 saturated heterocycles. The molecule has 4 rings (SSSR count). The predicted molar refractivity (Wildman–Crippen MR) is 121 cm³/mol. The van der Waals surface area contributed by atoms with Crippen LogP contribution < -0.4 is 9.47 Å². The van der Waals surface area contributed by atoms with Gasteiger partial charge < -0.3 is 19.1 Å². The van der Waals surface area contributed by atoms with E-state index in [1.54, 1.807) is 14.2 Å². The number of ether oxygens (including phenoxy) is 3. The molecule has 0 unspecified atom stereocenters. The summed E-state index contributed by atoms with van der Waals surface area (Å²) in [6.45, 7) is 4.98. The number of benzene rings is 2. The van der Waals surface area contributed by atoms with Gasteiger partial charge in [0, 0.05) is 17.9 Å². The van der Waals surface area contributed by atoms with Crippen molar-refractivity contribution in [2.75, 3.05) is 27.8 Å². The van der Waals surface area contributed by atoms with Gasteiger partial charge in [-0.05, 0) is 81.2 Å². The third-order valence-electron chi connectivity index (χ3n) is 7.18. The van der Waals surface area contributed by atoms with Crippen LogP contribution in [0, 0.1) is 13.8 Å². The minimum Gasteiger partial charge on any atom is -0.493 e. The Kier molecular flexibility index (Phi) is 5.80. The van der Waals surface area contributed by atoms with E-state index in [1.807, 2.05) is 38.1 Å². The molecule has 0 radical (unpaired) electrons. The molecule has 0 spiro atoms. The number of likely N-dealkylation sites (tertiary alicyclic amines) is 1. The summed E-state index contributed by atoms with van der Waals surface area (Å²) in [5, 5.41) is 0. The molecule has 1 aliphatic carbocycles. The molecular weight excluding hydrogens is 390 g/mol. The summed E-state index contributed by atoms with van der Waals surface area (Å²) in [6.07, 6.45) is 4.70. The third kappa shape index (κ3) is 3.72. The number of likely N-dealkylation sites (N-methyl/N-ethyl adjacent to an activating group) is 1. The molecule has 5 nitrogen and oxygen atoms in total. The average Bonchev–Trinajstić information content (AvgIpc) is 3.12. The van der Waals surface area contributed by atoms with E-state index in [0.717, 1.165) is 47.8 Å². The van der Waals surface area contributed by atoms with Crippen molar-refractivity contribution in [1.29, 1.82) is 0 Å². The Morgan fingerprint density at radius 1 is 1.10 bits per heavy atom. The zero-order valence-corrected chi connectivity index (χ0v) is 19.0. The normalized spacial score (nSPS) is 23.1. The Balaban J connectivity index is 1.62. The monoisotopic (exact) mass is 421 g/mol. The van der Waals surface area contributed by atoms with Crippen LogP contribution in [0.15, 0.2) is 48.2 Å². The molecule has 1 aliphatic heterocycles. The molecule has 5 heteroatoms. The topological polar surface area (TPSA) is 48.0 Å². The van der Waals surface area contributed by atoms with Crippen molar-refractivity contribution in [2.45, 2.75) is 44.6 Å². The van der Waals surface area contributed by atoms with Crippen LogP contribution in [0.25, 0.3) is 0 Å². The van der Waals surface area contributed by atoms with Crippen molar-refractivity contribution in [2.24, 2.45) is 0 Å². The van der Waals surface area contributed by atoms with Gasteiger partial charge in [-0.1, -0.05) is 18.2 Å². The summed E-state index contributed by atoms with van der Waals surface area (Å²) < 4.78 is 16.9. The van der Waals surface area contributed by atoms with Gasteiger partial charge in [-0.2, -0.15) is 0 Å². The first-order valence-corrected chi connectivity index (χ1v) is 10.8. The van der Waals surface area contributed by atoms with Crippen molar-refractivity contribution in [1.82, 2.24) is 4.90 Å². The second kappa shape index (κ2) is 8.39. The van der Waals surface area contributed by atoms with Gasteiger partial charge >= 0.3 is 5.97 Å². The molecule has 1 heterocycles. The van der Waals surface area contributed by atoms with Gasteiger partial charge in [0.05, 0.1) is 19.8 Å². The van der Waals surface area contributed by atoms with Gasteiger partial charge in [-0.25, -0.2) is 4.79 Å². The molecule has 1 fully saturated rings. The first-order valence-electron chi connectivity index (χ1n) is 10.8. The number of aryl methyl sites for hydroxylation is 1. The molecule has 2 atom stereocenters. The van der Waals surface area contributed by atoms with E-state index >= 15 is 0 Å². The lowest BCUT2D eigenvalue weighted by Crippen LogP contribution is -2.43. The van der Waals surface area contributed by atoms with E-state index < -0.39 is 0 Å². The van der Waals surface area contributed by atoms with Crippen molar-refractivity contribution in [3.8, 4) is 11.5 Å². The van der Waals surface area contributed by atoms with Gasteiger partial charge in [-0.15, -0.1) is 0 Å². The Morgan fingerprint density at radius 2 is 1.87 bits per heavy atom. The standard InChI is InChI=1S/C26H31NO4/c1-17-7-6-8-21(18(17)2)25(28)31-20-11-12-26(13-14-27(3)24(26)16-20)19-9-10-22(29-4)23(15-19)30-5/h6-11,15,24H,12-14,16H2,1-5H3/t24-,26-/m0/s1. The number of methoxy groups -OCH3 is 2. The fourth-order valence-electron chi connectivity index (χ4n) is 5.11. The van der Waals surface area contributed by atoms with Crippen LogP contribution in [0.2, 0.25) is 0 Å². The summed E-state index contributed by atoms with van der Waals surface area (Å²) in [6, 6.07) is 12.2. The number of nitrogens with zero attached hydrogens (tertiary/aromatic N) is 1. The van der Waals surface area contributed by atoms with E-state index in [4.69, 9.17) is 14.2 Å². The molecular formula is C26H31NO4. The summed E-state index contributed by atoms with van der Waals surface area (Å²) in [5.41, 5.74) is 3.92. The first kappa shape index (κ1) is 21.4. The van der Waals surface area contributed by atoms with E-state index in [0.29, 0.717) is 12.0 Å². The minimum absolute atomic E-state index is 0.0243. The molecule has 0 N–H and O–H groups in total. The second-order valence-corrected chi connectivity index (χ2v) is 8.69. The molecule has 0 aromatic heterocycles. The van der Waals surface area contributed by atoms with Gasteiger partial charge in [0.15, 0.2) is 11.5 Å². The van der Waals surface area contributed by atoms with Crippen LogP contribution in [0.5, 0.6) is 11.5 Å². The van der Waals surface area contributed by atoms with E-state index in [2.05, 4.69) is 30.2 Å². The molecule has 0 bridgehead atoms. The highest BCUT2D eigenvalue weighted by Crippen LogP contribution is 2.49. The number of esters is 1. The summed E-state index contributed by atoms with van der Waals surface area (Å²) in [5.74, 6) is 1.98. The molecule has 2 aromatic rings. The van der Waals surface area contributed by atoms with Gasteiger partial charge in [0.2, 0.25) is 0 Å². The number of carbonyl (C=O) groups excluding carboxylic acids is 1. The minimum atomic E-state index is -0.272. The third-order valence-corrected chi connectivity index (χ3v) is 7.18. The lowest BCUT2D eigenvalue weighted by atomic mass is 9.68. The second-order valence-electron chi connectivity index (χ2n) is 8.69. The number of allylic oxidation sites excluding steroid dienone is 1. The number of hydrogen-bond acceptors (Lipinski definition) is 5. The van der Waals surface area contributed by atoms with Crippen LogP contribution in [0.1, 0.15) is 46.3 Å². The fourth-order valence-corrected chi connectivity index (χ4v) is 5.11. The van der Waals surface area contributed by atoms with Crippen LogP contribution >= 0.6 is 0 Å². The quantitative estimate of drug-likeness (QED) is 0.649. The SMILES string of the molecule is COc1ccc([C@@]23CC=C(OC(=O)c4cccc(C)c4C)C[C@@H]2N(C)CC3)cc1OC. The zero-order chi connectivity index (χ0) is 22.2. The lowest BCUT2D eigenvalue weighted by Gasteiger charge is -2.40. The predicted octanol–water partition coefficient (Wildman–Crippen LogP) is 4.80. The maximum atomic E-state index is 12.9. The molecule has 31 heavy (non-hydrogen) atoms. The van der Waals surface area contributed by atoms with Crippen molar-refractivity contribution < 1.29 is 19.0 Å². The van der Waals surface area contributed by atoms with E-state index in [9.17, 15) is 4.79 Å². The zero-order valence-electron chi connectivity index (χ0n) is 19.0. The van der Waals surface area contributed by atoms with E-state index in [1.165, 1.54) is 5.56 Å². The number of rotatable bonds is 5. The van der Waals surface area contributed by atoms with Gasteiger partial charge in [-0.3, -0.25) is 0 Å². The Morgan fingerprint density at radius 3 is 2.61 bits per heavy atom. The van der Waals surface area contributed by atoms with Crippen molar-refractivity contribution in [3.63, 3.8) is 0 Å². The summed E-state index contributed by atoms with van der Waals surface area (Å²) >= 11 is 0. The average molecular weight is 422 g/mol. The van der Waals surface area contributed by atoms with Crippen molar-refractivity contribution >= 4 is 5.97 Å². The maximum absolute atomic E-state index is 12.9. The highest BCUT2D eigenvalue weighted by atomic mass is 16.5. The fraction of sp³-hybridized carbons (Fsp3) is 0.423. The lowest BCUT2D eigenvalue weighted by molar-refractivity contribution is 0.0579. The molecule has 164 valence electrons. The van der Waals surface area contributed by atoms with E-state index in [-0.39, 0.29) is 17.4 Å². The Labute approximate surface area is 184 Å². The van der Waals surface area contributed by atoms with Crippen molar-refractivity contribution in [3.05, 3.63) is 70.5 Å². The number of carbonyl (C=O) groups is 1. The van der Waals surface area contributed by atoms with Gasteiger partial charge in [0.25, 0.3) is 0 Å². The summed E-state index contributed by atoms with van der Waals surface area (Å²) in [7, 11) is 5.48. The first-order chi connectivity index (χ1) is 14.9. The van der Waals surface area contributed by atoms with Crippen LogP contribution in [0.3, 0.4) is 0 Å². The largest absolute Gasteiger partial charge is 0.493 e. The highest BCUT2D eigenvalue weighted by Gasteiger charge is 2.49. The number of hydrogen-bond donors (Lipinski definition) is 0. The van der Waals surface area contributed by atoms with Gasteiger partial charge in [0.1, 0.15) is 5.76 Å². The smallest absolute Gasteiger partial charge is 0.343 e. The Bertz CT molecular complexity index is 1030. The molecule has 0 amide bonds. The van der Waals surface area contributed by atoms with Crippen LogP contribution in [0.4, 0.5) is 0 Å². The van der Waals surface area contributed by atoms with Crippen LogP contribution in [-0.2, 0) is 10.2 Å².